The van der Waals surface area contributed by atoms with Crippen LogP contribution in [0.2, 0.25) is 0 Å². The van der Waals surface area contributed by atoms with Gasteiger partial charge in [0.2, 0.25) is 0 Å². The highest BCUT2D eigenvalue weighted by atomic mass is 31.2. The van der Waals surface area contributed by atoms with E-state index >= 15 is 0 Å². The Kier molecular flexibility index (Phi) is 7.97. The van der Waals surface area contributed by atoms with Gasteiger partial charge in [0.25, 0.3) is 0 Å². The summed E-state index contributed by atoms with van der Waals surface area (Å²) in [5.74, 6) is -0.813. The molecule has 0 spiro atoms. The second-order valence-electron chi connectivity index (χ2n) is 7.30. The molecule has 2 unspecified atom stereocenters. The molecule has 1 fully saturated rings. The fourth-order valence-corrected chi connectivity index (χ4v) is 4.31. The predicted octanol–water partition coefficient (Wildman–Crippen LogP) is -1.06. The molecule has 0 bridgehead atoms. The van der Waals surface area contributed by atoms with Crippen LogP contribution in [0.1, 0.15) is 11.8 Å². The second-order valence-corrected chi connectivity index (χ2v) is 8.86. The lowest BCUT2D eigenvalue weighted by Gasteiger charge is -2.22. The first-order valence-electron chi connectivity index (χ1n) is 9.84. The van der Waals surface area contributed by atoms with Crippen molar-refractivity contribution in [2.75, 3.05) is 19.5 Å². The van der Waals surface area contributed by atoms with Crippen LogP contribution in [0.3, 0.4) is 0 Å². The highest BCUT2D eigenvalue weighted by molar-refractivity contribution is 7.50. The first-order valence-corrected chi connectivity index (χ1v) is 11.4. The molecule has 1 saturated heterocycles. The summed E-state index contributed by atoms with van der Waals surface area (Å²) in [5, 5.41) is 22.8. The Balaban J connectivity index is 1.65. The van der Waals surface area contributed by atoms with E-state index in [1.165, 1.54) is 12.3 Å². The zero-order valence-corrected chi connectivity index (χ0v) is 18.4. The molecule has 0 radical (unpaired) electrons. The Morgan fingerprint density at radius 2 is 2.00 bits per heavy atom. The van der Waals surface area contributed by atoms with Crippen molar-refractivity contribution >= 4 is 19.5 Å². The average Bonchev–Trinajstić information content (AvgIpc) is 3.06. The first-order chi connectivity index (χ1) is 15.6. The average molecular weight is 484 g/mol. The van der Waals surface area contributed by atoms with E-state index in [4.69, 9.17) is 15.0 Å². The molecular formula is C19H25N4O9P. The lowest BCUT2D eigenvalue weighted by Crippen LogP contribution is -2.39. The number of methoxy groups -OCH3 is 1. The van der Waals surface area contributed by atoms with Gasteiger partial charge in [-0.05, 0) is 18.1 Å². The lowest BCUT2D eigenvalue weighted by atomic mass is 10.1. The molecule has 14 heteroatoms. The molecule has 0 aliphatic carbocycles. The third-order valence-corrected chi connectivity index (χ3v) is 6.10. The summed E-state index contributed by atoms with van der Waals surface area (Å²) >= 11 is 0. The largest absolute Gasteiger partial charge is 0.468 e. The molecule has 2 heterocycles. The molecule has 1 aromatic heterocycles. The maximum Gasteiger partial charge on any atom is 0.403 e. The third kappa shape index (κ3) is 6.24. The molecule has 0 amide bonds. The molecule has 1 aliphatic rings. The minimum atomic E-state index is -4.58. The van der Waals surface area contributed by atoms with Gasteiger partial charge in [0.1, 0.15) is 30.2 Å². The molecule has 33 heavy (non-hydrogen) atoms. The van der Waals surface area contributed by atoms with Crippen LogP contribution in [0.25, 0.3) is 0 Å². The lowest BCUT2D eigenvalue weighted by molar-refractivity contribution is -0.142. The number of anilines is 1. The number of rotatable bonds is 9. The molecule has 2 aromatic rings. The van der Waals surface area contributed by atoms with Crippen molar-refractivity contribution < 1.29 is 38.5 Å². The number of nitrogens with one attached hydrogen (secondary N) is 1. The number of aliphatic hydroxyl groups is 2. The highest BCUT2D eigenvalue weighted by Crippen LogP contribution is 2.40. The molecular weight excluding hydrogens is 459 g/mol. The second kappa shape index (κ2) is 10.5. The number of carbonyl (C=O) groups is 1. The normalized spacial score (nSPS) is 25.3. The molecule has 180 valence electrons. The molecule has 6 N–H and O–H groups in total. The van der Waals surface area contributed by atoms with E-state index < -0.39 is 56.6 Å². The first kappa shape index (κ1) is 25.0. The summed E-state index contributed by atoms with van der Waals surface area (Å²) in [6, 6.07) is 8.87. The maximum absolute atomic E-state index is 12.6. The summed E-state index contributed by atoms with van der Waals surface area (Å²) in [4.78, 5) is 37.8. The van der Waals surface area contributed by atoms with Gasteiger partial charge in [-0.2, -0.15) is 4.98 Å². The van der Waals surface area contributed by atoms with E-state index in [1.807, 2.05) is 0 Å². The van der Waals surface area contributed by atoms with Gasteiger partial charge in [-0.25, -0.2) is 14.4 Å². The van der Waals surface area contributed by atoms with E-state index in [1.54, 1.807) is 30.3 Å². The van der Waals surface area contributed by atoms with E-state index in [0.717, 1.165) is 11.7 Å². The van der Waals surface area contributed by atoms with Crippen LogP contribution >= 0.6 is 7.75 Å². The maximum atomic E-state index is 12.6. The van der Waals surface area contributed by atoms with Crippen LogP contribution < -0.4 is 16.5 Å². The standard InChI is InChI=1S/C19H25N4O9P/c1-30-18(26)12(9-11-5-3-2-4-6-11)22-33(28,29)31-10-13-15(24)16(25)17(32-13)23-8-7-14(20)21-19(23)27/h2-8,12-13,15-17,24-25H,9-10H2,1H3,(H2,20,21,27)(H2,22,28,29)/t12?,13-,15-,16+,17-/m1/s1. The van der Waals surface area contributed by atoms with Crippen LogP contribution in [0.15, 0.2) is 47.4 Å². The van der Waals surface area contributed by atoms with Crippen LogP contribution in [0, 0.1) is 0 Å². The number of esters is 1. The molecule has 13 nitrogen and oxygen atoms in total. The number of ether oxygens (including phenoxy) is 2. The number of carbonyl (C=O) groups excluding carboxylic acids is 1. The van der Waals surface area contributed by atoms with Gasteiger partial charge in [0.05, 0.1) is 13.7 Å². The minimum Gasteiger partial charge on any atom is -0.468 e. The van der Waals surface area contributed by atoms with Crippen LogP contribution in [0.4, 0.5) is 5.82 Å². The molecule has 0 saturated carbocycles. The zero-order chi connectivity index (χ0) is 24.2. The van der Waals surface area contributed by atoms with Crippen molar-refractivity contribution in [3.05, 3.63) is 58.6 Å². The summed E-state index contributed by atoms with van der Waals surface area (Å²) in [5.41, 5.74) is 5.33. The van der Waals surface area contributed by atoms with Crippen LogP contribution in [0.5, 0.6) is 0 Å². The fraction of sp³-hybridized carbons (Fsp3) is 0.421. The van der Waals surface area contributed by atoms with Crippen molar-refractivity contribution in [2.45, 2.75) is 37.0 Å². The molecule has 1 aliphatic heterocycles. The topological polar surface area (TPSA) is 195 Å². The van der Waals surface area contributed by atoms with Crippen molar-refractivity contribution in [3.63, 3.8) is 0 Å². The highest BCUT2D eigenvalue weighted by Gasteiger charge is 2.45. The third-order valence-electron chi connectivity index (χ3n) is 4.96. The van der Waals surface area contributed by atoms with Gasteiger partial charge in [-0.1, -0.05) is 30.3 Å². The Labute approximate surface area is 188 Å². The number of nitrogen functional groups attached to an aromatic ring is 1. The van der Waals surface area contributed by atoms with Crippen molar-refractivity contribution in [3.8, 4) is 0 Å². The van der Waals surface area contributed by atoms with Gasteiger partial charge in [-0.3, -0.25) is 13.9 Å². The van der Waals surface area contributed by atoms with Crippen molar-refractivity contribution in [2.24, 2.45) is 0 Å². The molecule has 3 rings (SSSR count). The number of hydrogen-bond acceptors (Lipinski definition) is 10. The van der Waals surface area contributed by atoms with Gasteiger partial charge in [0, 0.05) is 6.20 Å². The number of benzene rings is 1. The van der Waals surface area contributed by atoms with E-state index in [9.17, 15) is 29.3 Å². The van der Waals surface area contributed by atoms with Gasteiger partial charge < -0.3 is 30.3 Å². The number of hydrogen-bond donors (Lipinski definition) is 5. The predicted molar refractivity (Wildman–Crippen MR) is 114 cm³/mol. The van der Waals surface area contributed by atoms with Crippen molar-refractivity contribution in [1.29, 1.82) is 0 Å². The van der Waals surface area contributed by atoms with Gasteiger partial charge in [-0.15, -0.1) is 0 Å². The van der Waals surface area contributed by atoms with Crippen LogP contribution in [-0.2, 0) is 29.8 Å². The molecule has 6 atom stereocenters. The Bertz CT molecular complexity index is 1070. The minimum absolute atomic E-state index is 0.0351. The number of aromatic nitrogens is 2. The SMILES string of the molecule is COC(=O)C(Cc1ccccc1)NP(=O)(O)OC[C@H]1O[C@@H](n2ccc(N)nc2=O)[C@@H](O)[C@@H]1O. The van der Waals surface area contributed by atoms with E-state index in [0.29, 0.717) is 5.56 Å². The van der Waals surface area contributed by atoms with Crippen LogP contribution in [-0.4, -0.2) is 68.7 Å². The monoisotopic (exact) mass is 484 g/mol. The van der Waals surface area contributed by atoms with E-state index in [2.05, 4.69) is 14.8 Å². The molecule has 1 aromatic carbocycles. The van der Waals surface area contributed by atoms with Crippen molar-refractivity contribution in [1.82, 2.24) is 14.6 Å². The summed E-state index contributed by atoms with van der Waals surface area (Å²) < 4.78 is 28.6. The number of nitrogens with zero attached hydrogens (tertiary/aromatic N) is 2. The van der Waals surface area contributed by atoms with E-state index in [-0.39, 0.29) is 12.2 Å². The quantitative estimate of drug-likeness (QED) is 0.214. The Hall–Kier alpha value is -2.64. The summed E-state index contributed by atoms with van der Waals surface area (Å²) in [6.45, 7) is -0.633. The Morgan fingerprint density at radius 1 is 1.30 bits per heavy atom. The Morgan fingerprint density at radius 3 is 2.64 bits per heavy atom. The summed E-state index contributed by atoms with van der Waals surface area (Å²) in [7, 11) is -3.44. The van der Waals surface area contributed by atoms with Gasteiger partial charge >= 0.3 is 19.4 Å². The smallest absolute Gasteiger partial charge is 0.403 e. The number of aliphatic hydroxyl groups excluding tert-OH is 2. The summed E-state index contributed by atoms with van der Waals surface area (Å²) in [6.07, 6.45) is -4.38. The number of nitrogens with two attached hydrogens (primary N) is 1. The zero-order valence-electron chi connectivity index (χ0n) is 17.6. The van der Waals surface area contributed by atoms with Gasteiger partial charge in [0.15, 0.2) is 6.23 Å². The fourth-order valence-electron chi connectivity index (χ4n) is 3.30.